The molecule has 0 saturated carbocycles. The molecule has 1 aromatic carbocycles. The van der Waals surface area contributed by atoms with Crippen LogP contribution in [0.25, 0.3) is 0 Å². The topological polar surface area (TPSA) is 88.1 Å². The molecule has 2 amide bonds. The molecular formula is C15H16F4N2O5. The predicted octanol–water partition coefficient (Wildman–Crippen LogP) is 2.57. The summed E-state index contributed by atoms with van der Waals surface area (Å²) in [5.41, 5.74) is -0.338. The van der Waals surface area contributed by atoms with Gasteiger partial charge in [-0.05, 0) is 0 Å². The summed E-state index contributed by atoms with van der Waals surface area (Å²) in [7, 11) is 2.57. The lowest BCUT2D eigenvalue weighted by atomic mass is 9.96. The number of alkyl halides is 3. The Bertz CT molecular complexity index is 710. The Morgan fingerprint density at radius 2 is 1.77 bits per heavy atom. The minimum Gasteiger partial charge on any atom is -0.493 e. The number of aliphatic carboxylic acids is 1. The monoisotopic (exact) mass is 380 g/mol. The van der Waals surface area contributed by atoms with Crippen molar-refractivity contribution in [2.75, 3.05) is 32.6 Å². The van der Waals surface area contributed by atoms with Crippen molar-refractivity contribution >= 4 is 17.7 Å². The number of carboxylic acids is 1. The number of rotatable bonds is 4. The third-order valence-corrected chi connectivity index (χ3v) is 4.06. The maximum absolute atomic E-state index is 14.0. The highest BCUT2D eigenvalue weighted by atomic mass is 19.4. The second-order valence-corrected chi connectivity index (χ2v) is 5.62. The van der Waals surface area contributed by atoms with Crippen LogP contribution in [0.1, 0.15) is 0 Å². The second kappa shape index (κ2) is 7.26. The highest BCUT2D eigenvalue weighted by molar-refractivity contribution is 5.90. The molecule has 0 aliphatic carbocycles. The first-order chi connectivity index (χ1) is 12.1. The van der Waals surface area contributed by atoms with E-state index in [1.807, 2.05) is 0 Å². The molecule has 26 heavy (non-hydrogen) atoms. The first kappa shape index (κ1) is 19.6. The van der Waals surface area contributed by atoms with Crippen LogP contribution in [0.15, 0.2) is 12.1 Å². The Labute approximate surface area is 145 Å². The van der Waals surface area contributed by atoms with Gasteiger partial charge in [-0.3, -0.25) is 4.79 Å². The molecule has 1 saturated heterocycles. The van der Waals surface area contributed by atoms with Crippen molar-refractivity contribution in [1.82, 2.24) is 4.90 Å². The summed E-state index contributed by atoms with van der Waals surface area (Å²) in [6.45, 7) is -1.47. The molecule has 0 unspecified atom stereocenters. The van der Waals surface area contributed by atoms with Gasteiger partial charge in [-0.15, -0.1) is 0 Å². The summed E-state index contributed by atoms with van der Waals surface area (Å²) >= 11 is 0. The maximum atomic E-state index is 14.0. The van der Waals surface area contributed by atoms with Crippen LogP contribution >= 0.6 is 0 Å². The molecule has 0 aromatic heterocycles. The highest BCUT2D eigenvalue weighted by Crippen LogP contribution is 2.38. The average molecular weight is 380 g/mol. The van der Waals surface area contributed by atoms with Gasteiger partial charge < -0.3 is 24.8 Å². The van der Waals surface area contributed by atoms with Crippen LogP contribution in [-0.4, -0.2) is 55.5 Å². The number of likely N-dealkylation sites (tertiary alicyclic amines) is 1. The molecule has 1 aliphatic rings. The van der Waals surface area contributed by atoms with Crippen LogP contribution in [0, 0.1) is 17.7 Å². The molecule has 1 heterocycles. The molecule has 1 fully saturated rings. The van der Waals surface area contributed by atoms with Gasteiger partial charge in [-0.2, -0.15) is 13.2 Å². The Balaban J connectivity index is 2.19. The van der Waals surface area contributed by atoms with Crippen LogP contribution in [0.3, 0.4) is 0 Å². The molecule has 0 radical (unpaired) electrons. The molecule has 11 heteroatoms. The Morgan fingerprint density at radius 1 is 1.19 bits per heavy atom. The van der Waals surface area contributed by atoms with E-state index in [-0.39, 0.29) is 17.2 Å². The summed E-state index contributed by atoms with van der Waals surface area (Å²) in [5, 5.41) is 11.1. The first-order valence-electron chi connectivity index (χ1n) is 7.35. The van der Waals surface area contributed by atoms with E-state index in [4.69, 9.17) is 14.6 Å². The first-order valence-corrected chi connectivity index (χ1v) is 7.35. The minimum absolute atomic E-state index is 0.0623. The SMILES string of the molecule is COc1cc(F)c(NC(=O)N2C[C@@H](C(F)(F)F)[C@H](C(=O)O)C2)cc1OC. The van der Waals surface area contributed by atoms with Gasteiger partial charge >= 0.3 is 18.2 Å². The fraction of sp³-hybridized carbons (Fsp3) is 0.467. The normalized spacial score (nSPS) is 20.0. The molecule has 0 spiro atoms. The number of carbonyl (C=O) groups is 2. The van der Waals surface area contributed by atoms with Crippen molar-refractivity contribution in [3.05, 3.63) is 17.9 Å². The van der Waals surface area contributed by atoms with E-state index >= 15 is 0 Å². The molecular weight excluding hydrogens is 364 g/mol. The summed E-state index contributed by atoms with van der Waals surface area (Å²) < 4.78 is 62.8. The van der Waals surface area contributed by atoms with Gasteiger partial charge in [0.1, 0.15) is 0 Å². The van der Waals surface area contributed by atoms with Crippen LogP contribution in [-0.2, 0) is 4.79 Å². The van der Waals surface area contributed by atoms with Crippen molar-refractivity contribution in [2.24, 2.45) is 11.8 Å². The van der Waals surface area contributed by atoms with Crippen molar-refractivity contribution in [3.63, 3.8) is 0 Å². The summed E-state index contributed by atoms with van der Waals surface area (Å²) in [5.74, 6) is -6.36. The van der Waals surface area contributed by atoms with Crippen LogP contribution in [0.2, 0.25) is 0 Å². The molecule has 1 aromatic rings. The van der Waals surface area contributed by atoms with Gasteiger partial charge in [-0.25, -0.2) is 9.18 Å². The molecule has 0 bridgehead atoms. The van der Waals surface area contributed by atoms with Crippen molar-refractivity contribution in [1.29, 1.82) is 0 Å². The van der Waals surface area contributed by atoms with Crippen LogP contribution in [0.4, 0.5) is 28.0 Å². The lowest BCUT2D eigenvalue weighted by Gasteiger charge is -2.19. The number of carboxylic acid groups (broad SMARTS) is 1. The van der Waals surface area contributed by atoms with E-state index in [1.165, 1.54) is 14.2 Å². The fourth-order valence-electron chi connectivity index (χ4n) is 2.70. The number of hydrogen-bond acceptors (Lipinski definition) is 4. The van der Waals surface area contributed by atoms with Crippen molar-refractivity contribution in [3.8, 4) is 11.5 Å². The largest absolute Gasteiger partial charge is 0.493 e. The third-order valence-electron chi connectivity index (χ3n) is 4.06. The number of methoxy groups -OCH3 is 2. The number of hydrogen-bond donors (Lipinski definition) is 2. The zero-order valence-electron chi connectivity index (χ0n) is 13.8. The molecule has 1 aliphatic heterocycles. The van der Waals surface area contributed by atoms with Crippen LogP contribution in [0.5, 0.6) is 11.5 Å². The van der Waals surface area contributed by atoms with Gasteiger partial charge in [0.25, 0.3) is 0 Å². The minimum atomic E-state index is -4.77. The number of nitrogens with one attached hydrogen (secondary N) is 1. The van der Waals surface area contributed by atoms with Gasteiger partial charge in [-0.1, -0.05) is 0 Å². The second-order valence-electron chi connectivity index (χ2n) is 5.62. The number of carbonyl (C=O) groups excluding carboxylic acids is 1. The van der Waals surface area contributed by atoms with E-state index in [2.05, 4.69) is 5.32 Å². The molecule has 2 rings (SSSR count). The van der Waals surface area contributed by atoms with E-state index in [0.717, 1.165) is 12.1 Å². The summed E-state index contributed by atoms with van der Waals surface area (Å²) in [6.07, 6.45) is -4.77. The maximum Gasteiger partial charge on any atom is 0.394 e. The number of nitrogens with zero attached hydrogens (tertiary/aromatic N) is 1. The lowest BCUT2D eigenvalue weighted by molar-refractivity contribution is -0.187. The fourth-order valence-corrected chi connectivity index (χ4v) is 2.70. The number of ether oxygens (including phenoxy) is 2. The lowest BCUT2D eigenvalue weighted by Crippen LogP contribution is -2.35. The number of anilines is 1. The van der Waals surface area contributed by atoms with Gasteiger partial charge in [0.15, 0.2) is 17.3 Å². The van der Waals surface area contributed by atoms with Gasteiger partial charge in [0.2, 0.25) is 0 Å². The molecule has 144 valence electrons. The Hall–Kier alpha value is -2.72. The number of benzene rings is 1. The number of urea groups is 1. The van der Waals surface area contributed by atoms with E-state index < -0.39 is 48.9 Å². The molecule has 2 atom stereocenters. The average Bonchev–Trinajstić information content (AvgIpc) is 3.02. The van der Waals surface area contributed by atoms with Crippen molar-refractivity contribution in [2.45, 2.75) is 6.18 Å². The Kier molecular flexibility index (Phi) is 5.47. The van der Waals surface area contributed by atoms with Crippen LogP contribution < -0.4 is 14.8 Å². The smallest absolute Gasteiger partial charge is 0.394 e. The quantitative estimate of drug-likeness (QED) is 0.784. The van der Waals surface area contributed by atoms with E-state index in [1.54, 1.807) is 0 Å². The molecule has 2 N–H and O–H groups in total. The highest BCUT2D eigenvalue weighted by Gasteiger charge is 2.53. The van der Waals surface area contributed by atoms with Crippen molar-refractivity contribution < 1.29 is 41.7 Å². The number of amides is 2. The van der Waals surface area contributed by atoms with E-state index in [9.17, 15) is 27.2 Å². The standard InChI is InChI=1S/C15H16F4N2O5/c1-25-11-3-9(16)10(4-12(11)26-2)20-14(24)21-5-7(13(22)23)8(6-21)15(17,18)19/h3-4,7-8H,5-6H2,1-2H3,(H,20,24)(H,22,23)/t7-,8-/m1/s1. The predicted molar refractivity (Wildman–Crippen MR) is 80.8 cm³/mol. The Morgan fingerprint density at radius 3 is 2.23 bits per heavy atom. The molecule has 7 nitrogen and oxygen atoms in total. The van der Waals surface area contributed by atoms with E-state index in [0.29, 0.717) is 4.90 Å². The van der Waals surface area contributed by atoms with Gasteiger partial charge in [0, 0.05) is 25.2 Å². The number of halogens is 4. The zero-order chi connectivity index (χ0) is 19.6. The summed E-state index contributed by atoms with van der Waals surface area (Å²) in [4.78, 5) is 23.9. The summed E-state index contributed by atoms with van der Waals surface area (Å²) in [6, 6.07) is 1.00. The third kappa shape index (κ3) is 3.92. The van der Waals surface area contributed by atoms with Gasteiger partial charge in [0.05, 0.1) is 31.7 Å². The zero-order valence-corrected chi connectivity index (χ0v) is 13.8.